The Bertz CT molecular complexity index is 994. The number of rotatable bonds is 3. The summed E-state index contributed by atoms with van der Waals surface area (Å²) >= 11 is 0. The van der Waals surface area contributed by atoms with Crippen molar-refractivity contribution in [3.05, 3.63) is 33.1 Å². The Hall–Kier alpha value is -2.04. The van der Waals surface area contributed by atoms with Crippen molar-refractivity contribution in [1.29, 1.82) is 0 Å². The minimum atomic E-state index is -3.80. The second-order valence-corrected chi connectivity index (χ2v) is 7.75. The summed E-state index contributed by atoms with van der Waals surface area (Å²) in [6.07, 6.45) is 3.60. The molecule has 3 rings (SSSR count). The largest absolute Gasteiger partial charge is 0.329 e. The van der Waals surface area contributed by atoms with Crippen LogP contribution >= 0.6 is 0 Å². The van der Waals surface area contributed by atoms with E-state index >= 15 is 0 Å². The van der Waals surface area contributed by atoms with Crippen molar-refractivity contribution in [1.82, 2.24) is 18.8 Å². The summed E-state index contributed by atoms with van der Waals surface area (Å²) in [4.78, 5) is 29.7. The van der Waals surface area contributed by atoms with Gasteiger partial charge in [-0.05, 0) is 18.9 Å². The van der Waals surface area contributed by atoms with E-state index in [2.05, 4.69) is 9.97 Å². The Morgan fingerprint density at radius 3 is 2.83 bits per heavy atom. The van der Waals surface area contributed by atoms with E-state index in [-0.39, 0.29) is 28.5 Å². The Kier molecular flexibility index (Phi) is 4.28. The molecule has 1 unspecified atom stereocenters. The Morgan fingerprint density at radius 1 is 1.38 bits per heavy atom. The van der Waals surface area contributed by atoms with Gasteiger partial charge in [0.05, 0.1) is 5.39 Å². The fourth-order valence-electron chi connectivity index (χ4n) is 3.02. The van der Waals surface area contributed by atoms with Gasteiger partial charge in [-0.25, -0.2) is 18.2 Å². The highest BCUT2D eigenvalue weighted by atomic mass is 32.2. The maximum atomic E-state index is 12.9. The number of sulfonamides is 1. The summed E-state index contributed by atoms with van der Waals surface area (Å²) in [7, 11) is -2.35. The third-order valence-electron chi connectivity index (χ3n) is 4.38. The molecule has 130 valence electrons. The predicted octanol–water partition coefficient (Wildman–Crippen LogP) is -0.876. The molecule has 0 aromatic carbocycles. The number of H-pyrrole nitrogens is 1. The normalized spacial score (nSPS) is 19.7. The van der Waals surface area contributed by atoms with Crippen LogP contribution in [-0.2, 0) is 17.1 Å². The fraction of sp³-hybridized carbons (Fsp3) is 0.500. The van der Waals surface area contributed by atoms with Crippen molar-refractivity contribution in [3.8, 4) is 0 Å². The van der Waals surface area contributed by atoms with Crippen LogP contribution in [0.4, 0.5) is 0 Å². The first-order valence-electron chi connectivity index (χ1n) is 7.67. The molecule has 10 heteroatoms. The number of piperidine rings is 1. The van der Waals surface area contributed by atoms with E-state index in [1.807, 2.05) is 0 Å². The lowest BCUT2D eigenvalue weighted by Crippen LogP contribution is -2.47. The van der Waals surface area contributed by atoms with Gasteiger partial charge in [0.15, 0.2) is 0 Å². The molecule has 1 aliphatic heterocycles. The molecule has 3 N–H and O–H groups in total. The number of nitrogens with zero attached hydrogens (tertiary/aromatic N) is 3. The molecule has 24 heavy (non-hydrogen) atoms. The Balaban J connectivity index is 2.15. The molecule has 0 bridgehead atoms. The van der Waals surface area contributed by atoms with Crippen molar-refractivity contribution < 1.29 is 8.42 Å². The van der Waals surface area contributed by atoms with Gasteiger partial charge in [0.2, 0.25) is 10.0 Å². The van der Waals surface area contributed by atoms with Crippen molar-refractivity contribution in [3.63, 3.8) is 0 Å². The molecule has 1 aliphatic rings. The predicted molar refractivity (Wildman–Crippen MR) is 88.2 cm³/mol. The summed E-state index contributed by atoms with van der Waals surface area (Å²) in [6, 6.07) is 1.01. The van der Waals surface area contributed by atoms with E-state index < -0.39 is 21.3 Å². The summed E-state index contributed by atoms with van der Waals surface area (Å²) in [5.41, 5.74) is 4.58. The second-order valence-electron chi connectivity index (χ2n) is 5.86. The molecule has 2 aromatic rings. The molecule has 3 heterocycles. The van der Waals surface area contributed by atoms with E-state index in [9.17, 15) is 18.0 Å². The van der Waals surface area contributed by atoms with Gasteiger partial charge in [0, 0.05) is 32.4 Å². The standard InChI is InChI=1S/C14H19N5O4S/c1-18-12-11(13(20)17-14(18)21)6-10(8-16-12)24(22,23)19-5-3-2-4-9(19)7-15/h6,8-9H,2-5,7,15H2,1H3,(H,17,20,21). The third-order valence-corrected chi connectivity index (χ3v) is 6.30. The molecule has 1 atom stereocenters. The molecule has 0 saturated carbocycles. The molecule has 0 spiro atoms. The number of pyridine rings is 1. The number of hydrogen-bond donors (Lipinski definition) is 2. The maximum Gasteiger partial charge on any atom is 0.329 e. The maximum absolute atomic E-state index is 12.9. The zero-order valence-electron chi connectivity index (χ0n) is 13.2. The van der Waals surface area contributed by atoms with Crippen molar-refractivity contribution in [2.75, 3.05) is 13.1 Å². The molecular weight excluding hydrogens is 334 g/mol. The summed E-state index contributed by atoms with van der Waals surface area (Å²) in [5.74, 6) is 0. The van der Waals surface area contributed by atoms with Gasteiger partial charge in [0.25, 0.3) is 5.56 Å². The van der Waals surface area contributed by atoms with Gasteiger partial charge in [0.1, 0.15) is 10.5 Å². The van der Waals surface area contributed by atoms with Gasteiger partial charge >= 0.3 is 5.69 Å². The topological polar surface area (TPSA) is 131 Å². The average Bonchev–Trinajstić information content (AvgIpc) is 2.59. The van der Waals surface area contributed by atoms with Gasteiger partial charge in [-0.3, -0.25) is 14.3 Å². The number of hydrogen-bond acceptors (Lipinski definition) is 6. The molecule has 9 nitrogen and oxygen atoms in total. The second kappa shape index (κ2) is 6.11. The summed E-state index contributed by atoms with van der Waals surface area (Å²) in [6.45, 7) is 0.640. The highest BCUT2D eigenvalue weighted by Crippen LogP contribution is 2.25. The molecule has 0 radical (unpaired) electrons. The molecule has 2 aromatic heterocycles. The van der Waals surface area contributed by atoms with Crippen LogP contribution in [0.15, 0.2) is 26.7 Å². The molecule has 1 fully saturated rings. The number of nitrogens with two attached hydrogens (primary N) is 1. The zero-order chi connectivity index (χ0) is 17.5. The van der Waals surface area contributed by atoms with Crippen LogP contribution in [0.3, 0.4) is 0 Å². The summed E-state index contributed by atoms with van der Waals surface area (Å²) in [5, 5.41) is 0.0551. The van der Waals surface area contributed by atoms with Crippen molar-refractivity contribution >= 4 is 21.1 Å². The number of aryl methyl sites for hydroxylation is 1. The lowest BCUT2D eigenvalue weighted by atomic mass is 10.1. The van der Waals surface area contributed by atoms with Crippen molar-refractivity contribution in [2.45, 2.75) is 30.2 Å². The van der Waals surface area contributed by atoms with E-state index in [1.165, 1.54) is 23.6 Å². The number of aromatic nitrogens is 3. The van der Waals surface area contributed by atoms with Crippen LogP contribution < -0.4 is 17.0 Å². The monoisotopic (exact) mass is 353 g/mol. The molecule has 0 amide bonds. The van der Waals surface area contributed by atoms with Crippen LogP contribution in [0.2, 0.25) is 0 Å². The van der Waals surface area contributed by atoms with Crippen LogP contribution in [0.1, 0.15) is 19.3 Å². The third kappa shape index (κ3) is 2.66. The van der Waals surface area contributed by atoms with Crippen LogP contribution in [0.25, 0.3) is 11.0 Å². The van der Waals surface area contributed by atoms with E-state index in [0.29, 0.717) is 13.0 Å². The molecule has 0 aliphatic carbocycles. The lowest BCUT2D eigenvalue weighted by molar-refractivity contribution is 0.257. The first kappa shape index (κ1) is 16.8. The van der Waals surface area contributed by atoms with E-state index in [1.54, 1.807) is 0 Å². The Labute approximate surface area is 138 Å². The van der Waals surface area contributed by atoms with Gasteiger partial charge in [-0.1, -0.05) is 6.42 Å². The van der Waals surface area contributed by atoms with Gasteiger partial charge in [-0.15, -0.1) is 0 Å². The number of aromatic amines is 1. The first-order chi connectivity index (χ1) is 11.4. The van der Waals surface area contributed by atoms with Gasteiger partial charge < -0.3 is 5.73 Å². The number of nitrogens with one attached hydrogen (secondary N) is 1. The Morgan fingerprint density at radius 2 is 2.12 bits per heavy atom. The van der Waals surface area contributed by atoms with Gasteiger partial charge in [-0.2, -0.15) is 4.31 Å². The molecular formula is C14H19N5O4S. The van der Waals surface area contributed by atoms with Crippen molar-refractivity contribution in [2.24, 2.45) is 12.8 Å². The SMILES string of the molecule is Cn1c(=O)[nH]c(=O)c2cc(S(=O)(=O)N3CCCCC3CN)cnc21. The minimum absolute atomic E-state index is 0.0551. The fourth-order valence-corrected chi connectivity index (χ4v) is 4.70. The minimum Gasteiger partial charge on any atom is -0.329 e. The highest BCUT2D eigenvalue weighted by molar-refractivity contribution is 7.89. The van der Waals surface area contributed by atoms with Crippen LogP contribution in [-0.4, -0.2) is 46.4 Å². The van der Waals surface area contributed by atoms with Crippen LogP contribution in [0, 0.1) is 0 Å². The number of fused-ring (bicyclic) bond motifs is 1. The van der Waals surface area contributed by atoms with E-state index in [4.69, 9.17) is 5.73 Å². The lowest BCUT2D eigenvalue weighted by Gasteiger charge is -2.33. The van der Waals surface area contributed by atoms with E-state index in [0.717, 1.165) is 17.4 Å². The first-order valence-corrected chi connectivity index (χ1v) is 9.11. The smallest absolute Gasteiger partial charge is 0.329 e. The zero-order valence-corrected chi connectivity index (χ0v) is 14.0. The van der Waals surface area contributed by atoms with Crippen LogP contribution in [0.5, 0.6) is 0 Å². The molecule has 1 saturated heterocycles. The average molecular weight is 353 g/mol. The summed E-state index contributed by atoms with van der Waals surface area (Å²) < 4.78 is 28.4. The highest BCUT2D eigenvalue weighted by Gasteiger charge is 2.33. The quantitative estimate of drug-likeness (QED) is 0.737.